The van der Waals surface area contributed by atoms with Crippen LogP contribution in [0.15, 0.2) is 22.9 Å². The number of aryl methyl sites for hydroxylation is 2. The molecule has 9 nitrogen and oxygen atoms in total. The largest absolute Gasteiger partial charge is 0.478 e. The second-order valence-electron chi connectivity index (χ2n) is 7.22. The number of hydrogen-bond acceptors (Lipinski definition) is 5. The van der Waals surface area contributed by atoms with Gasteiger partial charge in [0.15, 0.2) is 0 Å². The molecular formula is C19H24N4O5. The summed E-state index contributed by atoms with van der Waals surface area (Å²) in [7, 11) is 5.14. The fourth-order valence-corrected chi connectivity index (χ4v) is 3.77. The quantitative estimate of drug-likeness (QED) is 0.833. The third-order valence-electron chi connectivity index (χ3n) is 5.21. The fourth-order valence-electron chi connectivity index (χ4n) is 3.77. The monoisotopic (exact) mass is 388 g/mol. The van der Waals surface area contributed by atoms with Crippen molar-refractivity contribution in [3.05, 3.63) is 41.1 Å². The first-order valence-corrected chi connectivity index (χ1v) is 9.00. The van der Waals surface area contributed by atoms with Crippen LogP contribution in [0.4, 0.5) is 0 Å². The van der Waals surface area contributed by atoms with Crippen LogP contribution in [0, 0.1) is 12.8 Å². The SMILES string of the molecule is Cc1oc(CN(C)C(=O)[C@H]2CCC(=O)N(C)[C@@H]2c2cnn(C)c2)cc1C(=O)O. The number of carboxylic acid groups (broad SMARTS) is 1. The zero-order valence-electron chi connectivity index (χ0n) is 16.4. The van der Waals surface area contributed by atoms with Crippen molar-refractivity contribution >= 4 is 17.8 Å². The molecule has 1 fully saturated rings. The number of piperidine rings is 1. The third kappa shape index (κ3) is 3.64. The third-order valence-corrected chi connectivity index (χ3v) is 5.21. The van der Waals surface area contributed by atoms with E-state index >= 15 is 0 Å². The number of carbonyl (C=O) groups excluding carboxylic acids is 2. The van der Waals surface area contributed by atoms with Crippen molar-refractivity contribution in [3.63, 3.8) is 0 Å². The summed E-state index contributed by atoms with van der Waals surface area (Å²) >= 11 is 0. The molecule has 2 atom stereocenters. The Kier molecular flexibility index (Phi) is 5.26. The van der Waals surface area contributed by atoms with Crippen LogP contribution >= 0.6 is 0 Å². The van der Waals surface area contributed by atoms with Crippen LogP contribution in [0.3, 0.4) is 0 Å². The molecule has 9 heteroatoms. The van der Waals surface area contributed by atoms with E-state index in [-0.39, 0.29) is 23.9 Å². The molecule has 3 heterocycles. The van der Waals surface area contributed by atoms with Crippen LogP contribution in [0.2, 0.25) is 0 Å². The Balaban J connectivity index is 1.81. The van der Waals surface area contributed by atoms with Gasteiger partial charge in [0, 0.05) is 39.3 Å². The number of furan rings is 1. The highest BCUT2D eigenvalue weighted by Gasteiger charge is 2.40. The van der Waals surface area contributed by atoms with Crippen molar-refractivity contribution in [1.29, 1.82) is 0 Å². The minimum atomic E-state index is -1.06. The van der Waals surface area contributed by atoms with Crippen LogP contribution in [0.1, 0.15) is 46.3 Å². The number of nitrogens with zero attached hydrogens (tertiary/aromatic N) is 4. The maximum Gasteiger partial charge on any atom is 0.339 e. The zero-order chi connectivity index (χ0) is 20.6. The first-order valence-electron chi connectivity index (χ1n) is 9.00. The number of hydrogen-bond donors (Lipinski definition) is 1. The van der Waals surface area contributed by atoms with Gasteiger partial charge in [0.25, 0.3) is 0 Å². The van der Waals surface area contributed by atoms with Gasteiger partial charge in [-0.05, 0) is 19.4 Å². The number of carboxylic acids is 1. The van der Waals surface area contributed by atoms with Crippen LogP contribution in [-0.2, 0) is 23.2 Å². The second kappa shape index (κ2) is 7.49. The van der Waals surface area contributed by atoms with E-state index in [9.17, 15) is 14.4 Å². The first-order chi connectivity index (χ1) is 13.2. The molecule has 1 N–H and O–H groups in total. The minimum absolute atomic E-state index is 0.00619. The lowest BCUT2D eigenvalue weighted by atomic mass is 9.84. The van der Waals surface area contributed by atoms with Crippen molar-refractivity contribution < 1.29 is 23.9 Å². The molecule has 0 aliphatic carbocycles. The highest BCUT2D eigenvalue weighted by atomic mass is 16.4. The predicted molar refractivity (Wildman–Crippen MR) is 98.3 cm³/mol. The molecule has 0 aromatic carbocycles. The molecule has 3 rings (SSSR count). The maximum atomic E-state index is 13.2. The van der Waals surface area contributed by atoms with Gasteiger partial charge in [-0.3, -0.25) is 14.3 Å². The summed E-state index contributed by atoms with van der Waals surface area (Å²) in [5.74, 6) is -0.895. The fraction of sp³-hybridized carbons (Fsp3) is 0.474. The van der Waals surface area contributed by atoms with Gasteiger partial charge in [0.2, 0.25) is 11.8 Å². The topological polar surface area (TPSA) is 109 Å². The standard InChI is InChI=1S/C19H24N4O5/c1-11-15(19(26)27)7-13(28-11)10-21(2)18(25)14-5-6-16(24)23(4)17(14)12-8-20-22(3)9-12/h7-9,14,17H,5-6,10H2,1-4H3,(H,26,27)/t14-,17+/m0/s1. The van der Waals surface area contributed by atoms with E-state index < -0.39 is 17.9 Å². The Morgan fingerprint density at radius 1 is 1.39 bits per heavy atom. The molecule has 0 saturated carbocycles. The van der Waals surface area contributed by atoms with Crippen molar-refractivity contribution in [1.82, 2.24) is 19.6 Å². The van der Waals surface area contributed by atoms with E-state index in [4.69, 9.17) is 9.52 Å². The summed E-state index contributed by atoms with van der Waals surface area (Å²) in [6.45, 7) is 1.73. The zero-order valence-corrected chi connectivity index (χ0v) is 16.4. The van der Waals surface area contributed by atoms with E-state index in [1.54, 1.807) is 43.8 Å². The number of aromatic nitrogens is 2. The Morgan fingerprint density at radius 3 is 2.68 bits per heavy atom. The van der Waals surface area contributed by atoms with E-state index in [1.807, 2.05) is 6.20 Å². The Bertz CT molecular complexity index is 915. The van der Waals surface area contributed by atoms with Crippen molar-refractivity contribution in [2.24, 2.45) is 13.0 Å². The minimum Gasteiger partial charge on any atom is -0.478 e. The molecule has 1 saturated heterocycles. The lowest BCUT2D eigenvalue weighted by Gasteiger charge is -2.39. The second-order valence-corrected chi connectivity index (χ2v) is 7.22. The van der Waals surface area contributed by atoms with E-state index in [1.165, 1.54) is 11.0 Å². The van der Waals surface area contributed by atoms with Crippen molar-refractivity contribution in [3.8, 4) is 0 Å². The molecule has 2 aromatic rings. The lowest BCUT2D eigenvalue weighted by Crippen LogP contribution is -2.46. The number of aromatic carboxylic acids is 1. The van der Waals surface area contributed by atoms with E-state index in [0.29, 0.717) is 24.4 Å². The summed E-state index contributed by atoms with van der Waals surface area (Å²) in [5.41, 5.74) is 0.902. The molecule has 28 heavy (non-hydrogen) atoms. The molecule has 0 spiro atoms. The number of carbonyl (C=O) groups is 3. The Hall–Kier alpha value is -3.10. The van der Waals surface area contributed by atoms with Crippen molar-refractivity contribution in [2.45, 2.75) is 32.4 Å². The Morgan fingerprint density at radius 2 is 2.11 bits per heavy atom. The van der Waals surface area contributed by atoms with Crippen LogP contribution in [-0.4, -0.2) is 56.6 Å². The van der Waals surface area contributed by atoms with Crippen LogP contribution in [0.25, 0.3) is 0 Å². The van der Waals surface area contributed by atoms with Gasteiger partial charge in [-0.15, -0.1) is 0 Å². The van der Waals surface area contributed by atoms with Gasteiger partial charge in [-0.2, -0.15) is 5.10 Å². The highest BCUT2D eigenvalue weighted by Crippen LogP contribution is 2.36. The van der Waals surface area contributed by atoms with Gasteiger partial charge in [0.1, 0.15) is 17.1 Å². The summed E-state index contributed by atoms with van der Waals surface area (Å²) in [6, 6.07) is 1.05. The average Bonchev–Trinajstić information content (AvgIpc) is 3.22. The first kappa shape index (κ1) is 19.7. The predicted octanol–water partition coefficient (Wildman–Crippen LogP) is 1.59. The van der Waals surface area contributed by atoms with Gasteiger partial charge < -0.3 is 19.3 Å². The molecular weight excluding hydrogens is 364 g/mol. The molecule has 0 bridgehead atoms. The Labute approximate surface area is 162 Å². The summed E-state index contributed by atoms with van der Waals surface area (Å²) < 4.78 is 7.13. The van der Waals surface area contributed by atoms with E-state index in [2.05, 4.69) is 5.10 Å². The molecule has 2 amide bonds. The highest BCUT2D eigenvalue weighted by molar-refractivity contribution is 5.89. The van der Waals surface area contributed by atoms with Crippen LogP contribution < -0.4 is 0 Å². The average molecular weight is 388 g/mol. The molecule has 0 unspecified atom stereocenters. The summed E-state index contributed by atoms with van der Waals surface area (Å²) in [6.07, 6.45) is 4.24. The number of amides is 2. The summed E-state index contributed by atoms with van der Waals surface area (Å²) in [4.78, 5) is 39.7. The molecule has 0 radical (unpaired) electrons. The maximum absolute atomic E-state index is 13.2. The number of rotatable bonds is 5. The van der Waals surface area contributed by atoms with Gasteiger partial charge in [0.05, 0.1) is 24.7 Å². The van der Waals surface area contributed by atoms with Crippen LogP contribution in [0.5, 0.6) is 0 Å². The smallest absolute Gasteiger partial charge is 0.339 e. The van der Waals surface area contributed by atoms with Gasteiger partial charge in [-0.25, -0.2) is 4.79 Å². The van der Waals surface area contributed by atoms with Gasteiger partial charge >= 0.3 is 5.97 Å². The number of likely N-dealkylation sites (tertiary alicyclic amines) is 1. The normalized spacial score (nSPS) is 19.7. The lowest BCUT2D eigenvalue weighted by molar-refractivity contribution is -0.146. The summed E-state index contributed by atoms with van der Waals surface area (Å²) in [5, 5.41) is 13.3. The molecule has 1 aliphatic heterocycles. The van der Waals surface area contributed by atoms with Crippen molar-refractivity contribution in [2.75, 3.05) is 14.1 Å². The molecule has 2 aromatic heterocycles. The van der Waals surface area contributed by atoms with Gasteiger partial charge in [-0.1, -0.05) is 0 Å². The van der Waals surface area contributed by atoms with E-state index in [0.717, 1.165) is 5.56 Å². The molecule has 150 valence electrons. The molecule has 1 aliphatic rings.